The van der Waals surface area contributed by atoms with Crippen molar-refractivity contribution >= 4 is 34.3 Å². The highest BCUT2D eigenvalue weighted by Crippen LogP contribution is 2.17. The van der Waals surface area contributed by atoms with Crippen molar-refractivity contribution in [1.82, 2.24) is 0 Å². The summed E-state index contributed by atoms with van der Waals surface area (Å²) >= 11 is 7.33. The average molecular weight is 245 g/mol. The van der Waals surface area contributed by atoms with Crippen LogP contribution in [0.2, 0.25) is 0 Å². The van der Waals surface area contributed by atoms with Gasteiger partial charge in [-0.1, -0.05) is 34.1 Å². The molecular weight excluding hydrogens is 236 g/mol. The molecule has 0 bridgehead atoms. The Morgan fingerprint density at radius 3 is 2.67 bits per heavy atom. The first-order chi connectivity index (χ1) is 5.75. The Hall–Kier alpha value is -0.280. The van der Waals surface area contributed by atoms with Crippen LogP contribution in [0.15, 0.2) is 28.7 Å². The van der Waals surface area contributed by atoms with Crippen LogP contribution in [0.3, 0.4) is 0 Å². The van der Waals surface area contributed by atoms with E-state index in [1.807, 2.05) is 24.3 Å². The van der Waals surface area contributed by atoms with Gasteiger partial charge in [-0.3, -0.25) is 4.79 Å². The molecule has 0 saturated carbocycles. The number of carbonyl (C=O) groups is 1. The fourth-order valence-corrected chi connectivity index (χ4v) is 1.63. The first-order valence-corrected chi connectivity index (χ1v) is 5.07. The van der Waals surface area contributed by atoms with Gasteiger partial charge in [0.1, 0.15) is 0 Å². The van der Waals surface area contributed by atoms with Crippen LogP contribution in [-0.4, -0.2) is 11.5 Å². The van der Waals surface area contributed by atoms with Gasteiger partial charge in [-0.25, -0.2) is 0 Å². The van der Waals surface area contributed by atoms with Crippen molar-refractivity contribution in [2.24, 2.45) is 0 Å². The minimum atomic E-state index is 0.137. The summed E-state index contributed by atoms with van der Waals surface area (Å²) in [5.41, 5.74) is 0.742. The van der Waals surface area contributed by atoms with Crippen LogP contribution >= 0.6 is 28.6 Å². The lowest BCUT2D eigenvalue weighted by molar-refractivity contribution is 0.0989. The number of Topliss-reactive ketones (excluding diaryl/α,β-unsaturated/α-hetero) is 1. The maximum Gasteiger partial charge on any atom is 0.164 e. The topological polar surface area (TPSA) is 17.1 Å². The van der Waals surface area contributed by atoms with E-state index in [0.717, 1.165) is 10.0 Å². The van der Waals surface area contributed by atoms with Crippen LogP contribution in [0.4, 0.5) is 0 Å². The molecule has 0 radical (unpaired) electrons. The predicted octanol–water partition coefficient (Wildman–Crippen LogP) is 2.95. The second-order valence-electron chi connectivity index (χ2n) is 2.38. The van der Waals surface area contributed by atoms with Gasteiger partial charge in [0.05, 0.1) is 0 Å². The van der Waals surface area contributed by atoms with Gasteiger partial charge in [0.25, 0.3) is 0 Å². The Kier molecular flexibility index (Phi) is 3.82. The van der Waals surface area contributed by atoms with E-state index >= 15 is 0 Å². The lowest BCUT2D eigenvalue weighted by Crippen LogP contribution is -2.00. The van der Waals surface area contributed by atoms with Gasteiger partial charge in [0.15, 0.2) is 5.78 Å². The minimum Gasteiger partial charge on any atom is -0.294 e. The number of carbonyl (C=O) groups excluding carboxylic acids is 1. The standard InChI is InChI=1S/C9H9BrOS/c10-8-4-2-1-3-7(8)9(11)5-6-12/h1-4,12H,5-6H2. The highest BCUT2D eigenvalue weighted by atomic mass is 79.9. The van der Waals surface area contributed by atoms with E-state index in [0.29, 0.717) is 12.2 Å². The number of thiol groups is 1. The normalized spacial score (nSPS) is 9.83. The van der Waals surface area contributed by atoms with Crippen molar-refractivity contribution in [2.75, 3.05) is 5.75 Å². The van der Waals surface area contributed by atoms with Crippen LogP contribution in [0.5, 0.6) is 0 Å². The molecule has 64 valence electrons. The van der Waals surface area contributed by atoms with Crippen LogP contribution in [0, 0.1) is 0 Å². The molecule has 0 aliphatic heterocycles. The van der Waals surface area contributed by atoms with Crippen molar-refractivity contribution in [2.45, 2.75) is 6.42 Å². The molecule has 1 nitrogen and oxygen atoms in total. The van der Waals surface area contributed by atoms with Crippen molar-refractivity contribution in [3.05, 3.63) is 34.3 Å². The first-order valence-electron chi connectivity index (χ1n) is 3.64. The van der Waals surface area contributed by atoms with Crippen LogP contribution in [0.25, 0.3) is 0 Å². The molecule has 0 amide bonds. The third kappa shape index (κ3) is 2.35. The number of hydrogen-bond acceptors (Lipinski definition) is 2. The predicted molar refractivity (Wildman–Crippen MR) is 56.9 cm³/mol. The summed E-state index contributed by atoms with van der Waals surface area (Å²) in [4.78, 5) is 11.4. The van der Waals surface area contributed by atoms with Gasteiger partial charge < -0.3 is 0 Å². The Labute approximate surface area is 85.7 Å². The van der Waals surface area contributed by atoms with E-state index in [9.17, 15) is 4.79 Å². The number of halogens is 1. The largest absolute Gasteiger partial charge is 0.294 e. The molecule has 1 aromatic carbocycles. The zero-order valence-corrected chi connectivity index (χ0v) is 8.94. The van der Waals surface area contributed by atoms with Gasteiger partial charge in [-0.15, -0.1) is 0 Å². The molecule has 0 aromatic heterocycles. The Morgan fingerprint density at radius 2 is 2.08 bits per heavy atom. The third-order valence-corrected chi connectivity index (χ3v) is 2.43. The van der Waals surface area contributed by atoms with E-state index in [1.54, 1.807) is 0 Å². The lowest BCUT2D eigenvalue weighted by atomic mass is 10.1. The van der Waals surface area contributed by atoms with Gasteiger partial charge >= 0.3 is 0 Å². The van der Waals surface area contributed by atoms with Gasteiger partial charge in [0, 0.05) is 16.5 Å². The quantitative estimate of drug-likeness (QED) is 0.640. The fourth-order valence-electron chi connectivity index (χ4n) is 0.924. The molecule has 1 aromatic rings. The molecule has 12 heavy (non-hydrogen) atoms. The molecule has 0 unspecified atom stereocenters. The Morgan fingerprint density at radius 1 is 1.42 bits per heavy atom. The summed E-state index contributed by atoms with van der Waals surface area (Å²) in [6.07, 6.45) is 0.492. The summed E-state index contributed by atoms with van der Waals surface area (Å²) in [5.74, 6) is 0.734. The molecular formula is C9H9BrOS. The van der Waals surface area contributed by atoms with E-state index in [1.165, 1.54) is 0 Å². The summed E-state index contributed by atoms with van der Waals surface area (Å²) in [6.45, 7) is 0. The molecule has 0 heterocycles. The lowest BCUT2D eigenvalue weighted by Gasteiger charge is -2.00. The second-order valence-corrected chi connectivity index (χ2v) is 3.68. The van der Waals surface area contributed by atoms with Gasteiger partial charge in [-0.2, -0.15) is 12.6 Å². The summed E-state index contributed by atoms with van der Waals surface area (Å²) in [6, 6.07) is 7.43. The average Bonchev–Trinajstić information content (AvgIpc) is 2.05. The summed E-state index contributed by atoms with van der Waals surface area (Å²) in [7, 11) is 0. The molecule has 1 rings (SSSR count). The number of rotatable bonds is 3. The maximum atomic E-state index is 11.4. The van der Waals surface area contributed by atoms with Crippen LogP contribution in [-0.2, 0) is 0 Å². The summed E-state index contributed by atoms with van der Waals surface area (Å²) < 4.78 is 0.858. The molecule has 0 spiro atoms. The van der Waals surface area contributed by atoms with E-state index in [4.69, 9.17) is 0 Å². The van der Waals surface area contributed by atoms with Crippen molar-refractivity contribution in [3.63, 3.8) is 0 Å². The SMILES string of the molecule is O=C(CCS)c1ccccc1Br. The van der Waals surface area contributed by atoms with Crippen LogP contribution in [0.1, 0.15) is 16.8 Å². The van der Waals surface area contributed by atoms with Crippen LogP contribution < -0.4 is 0 Å². The maximum absolute atomic E-state index is 11.4. The first kappa shape index (κ1) is 9.81. The number of benzene rings is 1. The van der Waals surface area contributed by atoms with Gasteiger partial charge in [0.2, 0.25) is 0 Å². The van der Waals surface area contributed by atoms with E-state index in [-0.39, 0.29) is 5.78 Å². The molecule has 0 aliphatic rings. The smallest absolute Gasteiger partial charge is 0.164 e. The van der Waals surface area contributed by atoms with Crippen molar-refractivity contribution in [3.8, 4) is 0 Å². The van der Waals surface area contributed by atoms with Gasteiger partial charge in [-0.05, 0) is 11.8 Å². The highest BCUT2D eigenvalue weighted by molar-refractivity contribution is 9.10. The molecule has 0 fully saturated rings. The molecule has 0 atom stereocenters. The molecule has 0 aliphatic carbocycles. The number of hydrogen-bond donors (Lipinski definition) is 1. The van der Waals surface area contributed by atoms with E-state index < -0.39 is 0 Å². The van der Waals surface area contributed by atoms with Crippen molar-refractivity contribution in [1.29, 1.82) is 0 Å². The Bertz CT molecular complexity index is 286. The highest BCUT2D eigenvalue weighted by Gasteiger charge is 2.06. The monoisotopic (exact) mass is 244 g/mol. The van der Waals surface area contributed by atoms with Crippen molar-refractivity contribution < 1.29 is 4.79 Å². The molecule has 0 N–H and O–H groups in total. The Balaban J connectivity index is 2.87. The van der Waals surface area contributed by atoms with E-state index in [2.05, 4.69) is 28.6 Å². The minimum absolute atomic E-state index is 0.137. The summed E-state index contributed by atoms with van der Waals surface area (Å²) in [5, 5.41) is 0. The zero-order valence-electron chi connectivity index (χ0n) is 6.46. The number of ketones is 1. The third-order valence-electron chi connectivity index (χ3n) is 1.51. The molecule has 3 heteroatoms. The fraction of sp³-hybridized carbons (Fsp3) is 0.222. The second kappa shape index (κ2) is 4.67. The zero-order chi connectivity index (χ0) is 8.97. The molecule has 0 saturated heterocycles.